The second-order valence-corrected chi connectivity index (χ2v) is 7.20. The van der Waals surface area contributed by atoms with Gasteiger partial charge in [0.2, 0.25) is 0 Å². The van der Waals surface area contributed by atoms with Gasteiger partial charge in [-0.2, -0.15) is 0 Å². The zero-order chi connectivity index (χ0) is 15.1. The summed E-state index contributed by atoms with van der Waals surface area (Å²) in [5.74, 6) is 0. The molecule has 1 atom stereocenters. The molecule has 1 aromatic heterocycles. The molecule has 1 aliphatic rings. The van der Waals surface area contributed by atoms with Crippen molar-refractivity contribution in [2.75, 3.05) is 6.54 Å². The zero-order valence-electron chi connectivity index (χ0n) is 12.6. The summed E-state index contributed by atoms with van der Waals surface area (Å²) in [4.78, 5) is 7.10. The van der Waals surface area contributed by atoms with Gasteiger partial charge in [-0.25, -0.2) is 0 Å². The van der Waals surface area contributed by atoms with Gasteiger partial charge in [0.15, 0.2) is 0 Å². The van der Waals surface area contributed by atoms with Crippen LogP contribution in [0.2, 0.25) is 5.02 Å². The Bertz CT molecular complexity index is 716. The first kappa shape index (κ1) is 15.1. The molecule has 111 valence electrons. The number of benzene rings is 1. The maximum absolute atomic E-state index is 6.26. The number of halogens is 1. The Balaban J connectivity index is 2.07. The van der Waals surface area contributed by atoms with Gasteiger partial charge in [-0.15, -0.1) is 0 Å². The molecule has 1 aromatic carbocycles. The van der Waals surface area contributed by atoms with Gasteiger partial charge in [0.25, 0.3) is 0 Å². The van der Waals surface area contributed by atoms with E-state index in [9.17, 15) is 0 Å². The molecule has 0 saturated carbocycles. The van der Waals surface area contributed by atoms with E-state index in [1.807, 2.05) is 6.07 Å². The van der Waals surface area contributed by atoms with Crippen LogP contribution in [0.25, 0.3) is 11.0 Å². The minimum absolute atomic E-state index is 0.455. The molecule has 0 bridgehead atoms. The predicted molar refractivity (Wildman–Crippen MR) is 89.4 cm³/mol. The van der Waals surface area contributed by atoms with Crippen LogP contribution in [0, 0.1) is 0 Å². The van der Waals surface area contributed by atoms with E-state index in [0.717, 1.165) is 34.9 Å². The van der Waals surface area contributed by atoms with Crippen LogP contribution in [0.5, 0.6) is 0 Å². The Morgan fingerprint density at radius 2 is 2.24 bits per heavy atom. The third-order valence-corrected chi connectivity index (χ3v) is 4.90. The summed E-state index contributed by atoms with van der Waals surface area (Å²) in [6.07, 6.45) is 2.29. The van der Waals surface area contributed by atoms with Crippen molar-refractivity contribution in [2.24, 2.45) is 0 Å². The number of hydrogen-bond acceptors (Lipinski definition) is 2. The third-order valence-electron chi connectivity index (χ3n) is 4.03. The van der Waals surface area contributed by atoms with Crippen LogP contribution in [-0.2, 0) is 13.1 Å². The van der Waals surface area contributed by atoms with Gasteiger partial charge in [-0.05, 0) is 0 Å². The molecule has 21 heavy (non-hydrogen) atoms. The monoisotopic (exact) mass is 368 g/mol. The van der Waals surface area contributed by atoms with Crippen LogP contribution in [0.4, 0.5) is 0 Å². The van der Waals surface area contributed by atoms with Gasteiger partial charge < -0.3 is 0 Å². The Hall–Kier alpha value is -0.801. The molecule has 3 rings (SSSR count). The normalized spacial score (nSPS) is 18.8. The first-order valence-corrected chi connectivity index (χ1v) is 8.42. The van der Waals surface area contributed by atoms with Crippen molar-refractivity contribution in [3.8, 4) is 0 Å². The zero-order valence-corrected chi connectivity index (χ0v) is 15.0. The molecule has 0 aliphatic carbocycles. The quantitative estimate of drug-likeness (QED) is 0.601. The van der Waals surface area contributed by atoms with Gasteiger partial charge in [0.05, 0.1) is 0 Å². The Morgan fingerprint density at radius 1 is 1.48 bits per heavy atom. The maximum atomic E-state index is 6.26. The predicted octanol–water partition coefficient (Wildman–Crippen LogP) is 2.65. The van der Waals surface area contributed by atoms with E-state index in [0.29, 0.717) is 6.04 Å². The number of allylic oxidation sites excluding steroid dienone is 1. The molecule has 0 fully saturated rings. The molecule has 2 aromatic rings. The van der Waals surface area contributed by atoms with Crippen molar-refractivity contribution >= 4 is 43.4 Å². The molecule has 2 heterocycles. The van der Waals surface area contributed by atoms with Crippen molar-refractivity contribution in [3.05, 3.63) is 34.4 Å². The number of rotatable bonds is 2. The molecular formula is C16H19ClN3Se. The van der Waals surface area contributed by atoms with Crippen molar-refractivity contribution in [3.63, 3.8) is 0 Å². The summed E-state index contributed by atoms with van der Waals surface area (Å²) in [5, 5.41) is 0.763. The van der Waals surface area contributed by atoms with Crippen LogP contribution in [0.15, 0.2) is 23.8 Å². The standard InChI is InChI=1S/C16H19ClN3Se/c1-10(2)4-5-19-9-12-6-13(17)7-14-15(12)20(8-11(19)3)16(21)18-14/h4,6-7,11H,5,8-9H2,1-3H3. The van der Waals surface area contributed by atoms with Gasteiger partial charge in [0.1, 0.15) is 0 Å². The van der Waals surface area contributed by atoms with Gasteiger partial charge in [0, 0.05) is 0 Å². The summed E-state index contributed by atoms with van der Waals surface area (Å²) in [5.41, 5.74) is 4.83. The van der Waals surface area contributed by atoms with Gasteiger partial charge in [-0.1, -0.05) is 0 Å². The SMILES string of the molecule is CC(C)=CCN1Cc2cc(Cl)cc3nc([Se])n(c23)CC1C. The topological polar surface area (TPSA) is 21.1 Å². The van der Waals surface area contributed by atoms with Crippen LogP contribution in [0.3, 0.4) is 0 Å². The molecule has 0 N–H and O–H groups in total. The molecule has 3 nitrogen and oxygen atoms in total. The average molecular weight is 368 g/mol. The molecule has 1 radical (unpaired) electrons. The summed E-state index contributed by atoms with van der Waals surface area (Å²) >= 11 is 9.35. The number of nitrogens with zero attached hydrogens (tertiary/aromatic N) is 3. The van der Waals surface area contributed by atoms with E-state index in [1.165, 1.54) is 16.7 Å². The van der Waals surface area contributed by atoms with Gasteiger partial charge >= 0.3 is 139 Å². The van der Waals surface area contributed by atoms with Gasteiger partial charge in [-0.3, -0.25) is 0 Å². The fourth-order valence-electron chi connectivity index (χ4n) is 2.88. The van der Waals surface area contributed by atoms with E-state index >= 15 is 0 Å². The van der Waals surface area contributed by atoms with E-state index in [1.54, 1.807) is 0 Å². The molecule has 5 heteroatoms. The Morgan fingerprint density at radius 3 is 2.95 bits per heavy atom. The summed E-state index contributed by atoms with van der Waals surface area (Å²) in [7, 11) is 0. The van der Waals surface area contributed by atoms with Crippen molar-refractivity contribution in [1.82, 2.24) is 14.5 Å². The fraction of sp³-hybridized carbons (Fsp3) is 0.438. The molecule has 0 spiro atoms. The van der Waals surface area contributed by atoms with Crippen LogP contribution >= 0.6 is 11.6 Å². The molecule has 1 aliphatic heterocycles. The van der Waals surface area contributed by atoms with Crippen molar-refractivity contribution in [2.45, 2.75) is 39.9 Å². The van der Waals surface area contributed by atoms with E-state index in [4.69, 9.17) is 11.6 Å². The third kappa shape index (κ3) is 2.91. The molecule has 1 unspecified atom stereocenters. The Kier molecular flexibility index (Phi) is 4.15. The first-order chi connectivity index (χ1) is 9.95. The average Bonchev–Trinajstić information content (AvgIpc) is 2.61. The second kappa shape index (κ2) is 5.77. The van der Waals surface area contributed by atoms with Crippen LogP contribution in [-0.4, -0.2) is 43.1 Å². The number of hydrogen-bond donors (Lipinski definition) is 0. The van der Waals surface area contributed by atoms with Crippen molar-refractivity contribution in [1.29, 1.82) is 0 Å². The van der Waals surface area contributed by atoms with E-state index in [-0.39, 0.29) is 0 Å². The molecule has 0 saturated heterocycles. The Labute approximate surface area is 138 Å². The summed E-state index contributed by atoms with van der Waals surface area (Å²) < 4.78 is 3.23. The first-order valence-electron chi connectivity index (χ1n) is 7.19. The van der Waals surface area contributed by atoms with Crippen LogP contribution < -0.4 is 4.72 Å². The van der Waals surface area contributed by atoms with E-state index < -0.39 is 0 Å². The molecular weight excluding hydrogens is 349 g/mol. The van der Waals surface area contributed by atoms with E-state index in [2.05, 4.69) is 63.4 Å². The molecule has 0 amide bonds. The minimum atomic E-state index is 0.455. The fourth-order valence-corrected chi connectivity index (χ4v) is 3.67. The van der Waals surface area contributed by atoms with Crippen LogP contribution in [0.1, 0.15) is 26.3 Å². The summed E-state index contributed by atoms with van der Waals surface area (Å²) in [6.45, 7) is 9.40. The summed E-state index contributed by atoms with van der Waals surface area (Å²) in [6, 6.07) is 4.49. The number of imidazole rings is 1. The second-order valence-electron chi connectivity index (χ2n) is 6.00. The number of aromatic nitrogens is 2. The van der Waals surface area contributed by atoms with Crippen molar-refractivity contribution < 1.29 is 0 Å².